The first-order valence-corrected chi connectivity index (χ1v) is 6.45. The Morgan fingerprint density at radius 1 is 1.20 bits per heavy atom. The lowest BCUT2D eigenvalue weighted by Gasteiger charge is -2.25. The normalized spacial score (nSPS) is 12.8. The molecule has 20 heavy (non-hydrogen) atoms. The van der Waals surface area contributed by atoms with Crippen molar-refractivity contribution in [3.63, 3.8) is 0 Å². The average Bonchev–Trinajstić information content (AvgIpc) is 2.24. The van der Waals surface area contributed by atoms with E-state index in [1.807, 2.05) is 40.7 Å². The number of hydrogen-bond acceptors (Lipinski definition) is 1. The van der Waals surface area contributed by atoms with E-state index in [1.165, 1.54) is 6.07 Å². The van der Waals surface area contributed by atoms with Crippen molar-refractivity contribution in [3.8, 4) is 0 Å². The van der Waals surface area contributed by atoms with Crippen LogP contribution in [-0.2, 0) is 5.41 Å². The maximum absolute atomic E-state index is 13.8. The Morgan fingerprint density at radius 2 is 1.75 bits per heavy atom. The Bertz CT molecular complexity index is 464. The van der Waals surface area contributed by atoms with Gasteiger partial charge < -0.3 is 11.1 Å². The van der Waals surface area contributed by atoms with E-state index in [-0.39, 0.29) is 35.3 Å². The molecule has 5 heteroatoms. The molecule has 0 unspecified atom stereocenters. The third kappa shape index (κ3) is 6.07. The van der Waals surface area contributed by atoms with Gasteiger partial charge in [-0.3, -0.25) is 4.99 Å². The second-order valence-corrected chi connectivity index (χ2v) is 6.44. The SMILES string of the molecule is CC(C)(C)NC(N)=NCC(C)(C)c1ccccc1F.I. The second kappa shape index (κ2) is 7.24. The number of rotatable bonds is 3. The zero-order valence-electron chi connectivity index (χ0n) is 12.8. The van der Waals surface area contributed by atoms with E-state index < -0.39 is 5.41 Å². The highest BCUT2D eigenvalue weighted by Gasteiger charge is 2.23. The van der Waals surface area contributed by atoms with Gasteiger partial charge in [-0.05, 0) is 32.4 Å². The van der Waals surface area contributed by atoms with Crippen molar-refractivity contribution < 1.29 is 4.39 Å². The fraction of sp³-hybridized carbons (Fsp3) is 0.533. The van der Waals surface area contributed by atoms with Crippen molar-refractivity contribution >= 4 is 29.9 Å². The summed E-state index contributed by atoms with van der Waals surface area (Å²) in [5, 5.41) is 3.09. The predicted molar refractivity (Wildman–Crippen MR) is 94.2 cm³/mol. The first kappa shape index (κ1) is 19.1. The van der Waals surface area contributed by atoms with E-state index in [9.17, 15) is 4.39 Å². The van der Waals surface area contributed by atoms with Crippen LogP contribution in [0.5, 0.6) is 0 Å². The molecule has 114 valence electrons. The Kier molecular flexibility index (Phi) is 6.93. The molecular formula is C15H25FIN3. The summed E-state index contributed by atoms with van der Waals surface area (Å²) >= 11 is 0. The molecule has 0 aromatic heterocycles. The lowest BCUT2D eigenvalue weighted by molar-refractivity contribution is 0.484. The second-order valence-electron chi connectivity index (χ2n) is 6.44. The minimum Gasteiger partial charge on any atom is -0.370 e. The van der Waals surface area contributed by atoms with Crippen LogP contribution in [0.4, 0.5) is 4.39 Å². The largest absolute Gasteiger partial charge is 0.370 e. The summed E-state index contributed by atoms with van der Waals surface area (Å²) in [4.78, 5) is 4.32. The molecule has 0 atom stereocenters. The van der Waals surface area contributed by atoms with E-state index >= 15 is 0 Å². The molecule has 0 spiro atoms. The van der Waals surface area contributed by atoms with Crippen LogP contribution >= 0.6 is 24.0 Å². The summed E-state index contributed by atoms with van der Waals surface area (Å²) in [6, 6.07) is 6.78. The molecule has 1 rings (SSSR count). The summed E-state index contributed by atoms with van der Waals surface area (Å²) in [7, 11) is 0. The summed E-state index contributed by atoms with van der Waals surface area (Å²) in [5.74, 6) is 0.182. The van der Waals surface area contributed by atoms with Crippen molar-refractivity contribution in [3.05, 3.63) is 35.6 Å². The van der Waals surface area contributed by atoms with Gasteiger partial charge in [0, 0.05) is 11.0 Å². The molecule has 0 radical (unpaired) electrons. The van der Waals surface area contributed by atoms with Crippen molar-refractivity contribution in [2.75, 3.05) is 6.54 Å². The smallest absolute Gasteiger partial charge is 0.189 e. The minimum atomic E-state index is -0.393. The molecule has 3 nitrogen and oxygen atoms in total. The number of aliphatic imine (C=N–C) groups is 1. The van der Waals surface area contributed by atoms with Crippen LogP contribution in [0.2, 0.25) is 0 Å². The molecule has 0 fully saturated rings. The maximum Gasteiger partial charge on any atom is 0.189 e. The van der Waals surface area contributed by atoms with E-state index in [1.54, 1.807) is 12.1 Å². The number of guanidine groups is 1. The van der Waals surface area contributed by atoms with Gasteiger partial charge in [-0.2, -0.15) is 0 Å². The van der Waals surface area contributed by atoms with E-state index in [0.29, 0.717) is 18.1 Å². The van der Waals surface area contributed by atoms with Crippen LogP contribution in [-0.4, -0.2) is 18.0 Å². The lowest BCUT2D eigenvalue weighted by atomic mass is 9.84. The minimum absolute atomic E-state index is 0. The summed E-state index contributed by atoms with van der Waals surface area (Å²) in [6.45, 7) is 10.4. The van der Waals surface area contributed by atoms with E-state index in [0.717, 1.165) is 0 Å². The number of nitrogens with one attached hydrogen (secondary N) is 1. The van der Waals surface area contributed by atoms with Gasteiger partial charge in [0.15, 0.2) is 5.96 Å². The average molecular weight is 393 g/mol. The van der Waals surface area contributed by atoms with Gasteiger partial charge >= 0.3 is 0 Å². The van der Waals surface area contributed by atoms with E-state index in [4.69, 9.17) is 5.73 Å². The lowest BCUT2D eigenvalue weighted by Crippen LogP contribution is -2.45. The molecule has 3 N–H and O–H groups in total. The Morgan fingerprint density at radius 3 is 2.25 bits per heavy atom. The quantitative estimate of drug-likeness (QED) is 0.470. The topological polar surface area (TPSA) is 50.4 Å². The van der Waals surface area contributed by atoms with Crippen molar-refractivity contribution in [1.29, 1.82) is 0 Å². The maximum atomic E-state index is 13.8. The number of benzene rings is 1. The standard InChI is InChI=1S/C15H24FN3.HI/c1-14(2,3)19-13(17)18-10-15(4,5)11-8-6-7-9-12(11)16;/h6-9H,10H2,1-5H3,(H3,17,18,19);1H. The molecule has 1 aromatic rings. The molecular weight excluding hydrogens is 368 g/mol. The fourth-order valence-corrected chi connectivity index (χ4v) is 1.80. The third-order valence-corrected chi connectivity index (χ3v) is 2.75. The van der Waals surface area contributed by atoms with Crippen molar-refractivity contribution in [2.24, 2.45) is 10.7 Å². The molecule has 0 bridgehead atoms. The molecule has 0 heterocycles. The number of nitrogens with zero attached hydrogens (tertiary/aromatic N) is 1. The molecule has 0 aliphatic heterocycles. The highest BCUT2D eigenvalue weighted by Crippen LogP contribution is 2.25. The number of nitrogens with two attached hydrogens (primary N) is 1. The van der Waals surface area contributed by atoms with Crippen LogP contribution in [0.3, 0.4) is 0 Å². The Balaban J connectivity index is 0.00000361. The van der Waals surface area contributed by atoms with Gasteiger partial charge in [0.1, 0.15) is 5.82 Å². The van der Waals surface area contributed by atoms with Gasteiger partial charge in [-0.1, -0.05) is 32.0 Å². The number of halogens is 2. The van der Waals surface area contributed by atoms with Crippen molar-refractivity contribution in [2.45, 2.75) is 45.6 Å². The predicted octanol–water partition coefficient (Wildman–Crippen LogP) is 3.42. The zero-order chi connectivity index (χ0) is 14.7. The van der Waals surface area contributed by atoms with Crippen LogP contribution < -0.4 is 11.1 Å². The zero-order valence-corrected chi connectivity index (χ0v) is 15.2. The van der Waals surface area contributed by atoms with Crippen LogP contribution in [0.1, 0.15) is 40.2 Å². The molecule has 0 aliphatic carbocycles. The molecule has 1 aromatic carbocycles. The summed E-state index contributed by atoms with van der Waals surface area (Å²) in [5.41, 5.74) is 5.96. The Labute approximate surface area is 138 Å². The van der Waals surface area contributed by atoms with Crippen LogP contribution in [0, 0.1) is 5.82 Å². The molecule has 0 amide bonds. The van der Waals surface area contributed by atoms with Gasteiger partial charge in [0.2, 0.25) is 0 Å². The first-order chi connectivity index (χ1) is 8.62. The van der Waals surface area contributed by atoms with Crippen molar-refractivity contribution in [1.82, 2.24) is 5.32 Å². The fourth-order valence-electron chi connectivity index (χ4n) is 1.80. The summed E-state index contributed by atoms with van der Waals surface area (Å²) in [6.07, 6.45) is 0. The van der Waals surface area contributed by atoms with Gasteiger partial charge in [0.05, 0.1) is 6.54 Å². The molecule has 0 saturated carbocycles. The third-order valence-electron chi connectivity index (χ3n) is 2.75. The van der Waals surface area contributed by atoms with E-state index in [2.05, 4.69) is 10.3 Å². The van der Waals surface area contributed by atoms with Gasteiger partial charge in [0.25, 0.3) is 0 Å². The van der Waals surface area contributed by atoms with Gasteiger partial charge in [-0.15, -0.1) is 24.0 Å². The monoisotopic (exact) mass is 393 g/mol. The van der Waals surface area contributed by atoms with Crippen LogP contribution in [0.25, 0.3) is 0 Å². The Hall–Kier alpha value is -0.850. The summed E-state index contributed by atoms with van der Waals surface area (Å²) < 4.78 is 13.8. The highest BCUT2D eigenvalue weighted by molar-refractivity contribution is 14.0. The highest BCUT2D eigenvalue weighted by atomic mass is 127. The number of hydrogen-bond donors (Lipinski definition) is 2. The first-order valence-electron chi connectivity index (χ1n) is 6.45. The molecule has 0 saturated heterocycles. The van der Waals surface area contributed by atoms with Gasteiger partial charge in [-0.25, -0.2) is 4.39 Å². The van der Waals surface area contributed by atoms with Crippen LogP contribution in [0.15, 0.2) is 29.3 Å². The molecule has 0 aliphatic rings.